The number of rotatable bonds is 6. The summed E-state index contributed by atoms with van der Waals surface area (Å²) >= 11 is 0. The van der Waals surface area contributed by atoms with Crippen molar-refractivity contribution < 1.29 is 26.4 Å². The second kappa shape index (κ2) is 9.13. The molecular formula is C22H23F3N2O3S. The van der Waals surface area contributed by atoms with Crippen LogP contribution in [0.4, 0.5) is 18.9 Å². The number of sulfone groups is 1. The zero-order valence-electron chi connectivity index (χ0n) is 17.1. The molecule has 1 saturated heterocycles. The fourth-order valence-electron chi connectivity index (χ4n) is 3.66. The lowest BCUT2D eigenvalue weighted by atomic mass is 10.0. The van der Waals surface area contributed by atoms with E-state index in [-0.39, 0.29) is 11.1 Å². The minimum absolute atomic E-state index is 0.0475. The van der Waals surface area contributed by atoms with Crippen LogP contribution < -0.4 is 10.2 Å². The van der Waals surface area contributed by atoms with Gasteiger partial charge in [-0.15, -0.1) is 0 Å². The molecule has 9 heteroatoms. The number of nitrogens with one attached hydrogen (secondary N) is 1. The molecule has 2 aromatic carbocycles. The average Bonchev–Trinajstić information content (AvgIpc) is 3.15. The molecule has 3 rings (SSSR count). The highest BCUT2D eigenvalue weighted by atomic mass is 32.2. The van der Waals surface area contributed by atoms with Crippen LogP contribution in [0, 0.1) is 17.5 Å². The van der Waals surface area contributed by atoms with Crippen LogP contribution in [0.1, 0.15) is 41.7 Å². The summed E-state index contributed by atoms with van der Waals surface area (Å²) in [6.07, 6.45) is 3.52. The molecule has 1 aliphatic rings. The van der Waals surface area contributed by atoms with E-state index in [1.165, 1.54) is 42.5 Å². The number of halogens is 3. The summed E-state index contributed by atoms with van der Waals surface area (Å²) in [5.41, 5.74) is 0.161. The molecule has 1 heterocycles. The normalized spacial score (nSPS) is 17.8. The Kier molecular flexibility index (Phi) is 6.74. The van der Waals surface area contributed by atoms with Crippen LogP contribution >= 0.6 is 0 Å². The largest absolute Gasteiger partial charge is 0.364 e. The zero-order valence-corrected chi connectivity index (χ0v) is 17.9. The first-order valence-electron chi connectivity index (χ1n) is 9.76. The van der Waals surface area contributed by atoms with Gasteiger partial charge in [0.15, 0.2) is 9.84 Å². The molecule has 2 atom stereocenters. The second-order valence-corrected chi connectivity index (χ2v) is 9.50. The van der Waals surface area contributed by atoms with Crippen molar-refractivity contribution in [1.82, 2.24) is 5.32 Å². The third-order valence-corrected chi connectivity index (χ3v) is 5.74. The van der Waals surface area contributed by atoms with Gasteiger partial charge in [-0.2, -0.15) is 0 Å². The Morgan fingerprint density at radius 1 is 1.16 bits per heavy atom. The van der Waals surface area contributed by atoms with Crippen LogP contribution in [0.2, 0.25) is 0 Å². The van der Waals surface area contributed by atoms with Crippen LogP contribution in [-0.4, -0.2) is 33.2 Å². The fraction of sp³-hybridized carbons (Fsp3) is 0.318. The van der Waals surface area contributed by atoms with Gasteiger partial charge in [0.1, 0.15) is 17.5 Å². The third kappa shape index (κ3) is 5.46. The maximum atomic E-state index is 14.7. The van der Waals surface area contributed by atoms with E-state index in [9.17, 15) is 26.4 Å². The summed E-state index contributed by atoms with van der Waals surface area (Å²) in [4.78, 5) is 14.1. The van der Waals surface area contributed by atoms with Crippen LogP contribution in [0.15, 0.2) is 47.9 Å². The Labute approximate surface area is 179 Å². The van der Waals surface area contributed by atoms with Crippen LogP contribution in [0.25, 0.3) is 0 Å². The molecule has 0 aliphatic carbocycles. The number of carbonyl (C=O) groups excluding carboxylic acids is 1. The molecule has 1 N–H and O–H groups in total. The van der Waals surface area contributed by atoms with Crippen molar-refractivity contribution in [1.29, 1.82) is 0 Å². The number of hydrogen-bond donors (Lipinski definition) is 1. The number of amides is 1. The Morgan fingerprint density at radius 3 is 2.45 bits per heavy atom. The predicted octanol–water partition coefficient (Wildman–Crippen LogP) is 4.12. The Hall–Kier alpha value is -2.81. The first kappa shape index (κ1) is 22.9. The molecular weight excluding hydrogens is 429 g/mol. The van der Waals surface area contributed by atoms with Crippen molar-refractivity contribution in [3.63, 3.8) is 0 Å². The van der Waals surface area contributed by atoms with E-state index in [1.807, 2.05) is 0 Å². The van der Waals surface area contributed by atoms with E-state index < -0.39 is 45.3 Å². The molecule has 0 spiro atoms. The number of carbonyl (C=O) groups is 1. The van der Waals surface area contributed by atoms with E-state index in [2.05, 4.69) is 5.32 Å². The summed E-state index contributed by atoms with van der Waals surface area (Å²) < 4.78 is 65.6. The quantitative estimate of drug-likeness (QED) is 0.716. The van der Waals surface area contributed by atoms with Gasteiger partial charge in [-0.05, 0) is 50.1 Å². The monoisotopic (exact) mass is 452 g/mol. The van der Waals surface area contributed by atoms with Gasteiger partial charge >= 0.3 is 0 Å². The second-order valence-electron chi connectivity index (χ2n) is 7.57. The Balaban J connectivity index is 1.80. The highest BCUT2D eigenvalue weighted by molar-refractivity contribution is 7.93. The summed E-state index contributed by atoms with van der Waals surface area (Å²) in [5.74, 6) is -2.78. The Bertz CT molecular complexity index is 1100. The SMILES string of the molecule is C[C@H](/C=C/S(C)(=O)=O)NC(=O)c1ccc(N2CCC[C@H]2c2c(F)cccc2F)cc1F. The molecule has 166 valence electrons. The summed E-state index contributed by atoms with van der Waals surface area (Å²) in [6.45, 7) is 2.06. The standard InChI is InChI=1S/C22H23F3N2O3S/c1-14(10-12-31(2,29)30)26-22(28)16-9-8-15(13-19(16)25)27-11-4-7-20(27)21-17(23)5-3-6-18(21)24/h3,5-6,8-10,12-14,20H,4,7,11H2,1-2H3,(H,26,28)/b12-10+/t14-,20+/m1/s1. The molecule has 0 bridgehead atoms. The average molecular weight is 452 g/mol. The van der Waals surface area contributed by atoms with Crippen molar-refractivity contribution >= 4 is 21.4 Å². The summed E-state index contributed by atoms with van der Waals surface area (Å²) in [7, 11) is -3.34. The maximum Gasteiger partial charge on any atom is 0.254 e. The predicted molar refractivity (Wildman–Crippen MR) is 113 cm³/mol. The topological polar surface area (TPSA) is 66.5 Å². The number of nitrogens with zero attached hydrogens (tertiary/aromatic N) is 1. The van der Waals surface area contributed by atoms with Gasteiger partial charge in [-0.3, -0.25) is 4.79 Å². The molecule has 0 radical (unpaired) electrons. The highest BCUT2D eigenvalue weighted by Gasteiger charge is 2.31. The smallest absolute Gasteiger partial charge is 0.254 e. The zero-order chi connectivity index (χ0) is 22.8. The minimum atomic E-state index is -3.34. The van der Waals surface area contributed by atoms with Gasteiger partial charge in [0.25, 0.3) is 5.91 Å². The molecule has 1 aliphatic heterocycles. The molecule has 5 nitrogen and oxygen atoms in total. The molecule has 31 heavy (non-hydrogen) atoms. The van der Waals surface area contributed by atoms with Gasteiger partial charge in [0.05, 0.1) is 11.6 Å². The van der Waals surface area contributed by atoms with Crippen LogP contribution in [0.5, 0.6) is 0 Å². The summed E-state index contributed by atoms with van der Waals surface area (Å²) in [5, 5.41) is 3.47. The van der Waals surface area contributed by atoms with E-state index >= 15 is 0 Å². The molecule has 2 aromatic rings. The maximum absolute atomic E-state index is 14.7. The molecule has 0 saturated carbocycles. The van der Waals surface area contributed by atoms with Gasteiger partial charge in [-0.1, -0.05) is 12.1 Å². The van der Waals surface area contributed by atoms with Crippen molar-refractivity contribution in [3.8, 4) is 0 Å². The molecule has 0 aromatic heterocycles. The van der Waals surface area contributed by atoms with Crippen LogP contribution in [0.3, 0.4) is 0 Å². The fourth-order valence-corrected chi connectivity index (χ4v) is 4.19. The number of hydrogen-bond acceptors (Lipinski definition) is 4. The van der Waals surface area contributed by atoms with E-state index in [4.69, 9.17) is 0 Å². The van der Waals surface area contributed by atoms with Gasteiger partial charge in [-0.25, -0.2) is 21.6 Å². The van der Waals surface area contributed by atoms with Crippen molar-refractivity contribution in [2.45, 2.75) is 31.8 Å². The van der Waals surface area contributed by atoms with Gasteiger partial charge in [0.2, 0.25) is 0 Å². The van der Waals surface area contributed by atoms with E-state index in [0.717, 1.165) is 11.7 Å². The van der Waals surface area contributed by atoms with Crippen LogP contribution in [-0.2, 0) is 9.84 Å². The number of benzene rings is 2. The lowest BCUT2D eigenvalue weighted by Crippen LogP contribution is -2.32. The third-order valence-electron chi connectivity index (χ3n) is 5.09. The van der Waals surface area contributed by atoms with E-state index in [0.29, 0.717) is 25.1 Å². The van der Waals surface area contributed by atoms with Gasteiger partial charge in [0, 0.05) is 35.5 Å². The van der Waals surface area contributed by atoms with Gasteiger partial charge < -0.3 is 10.2 Å². The molecule has 0 unspecified atom stereocenters. The van der Waals surface area contributed by atoms with Crippen molar-refractivity contribution in [2.24, 2.45) is 0 Å². The lowest BCUT2D eigenvalue weighted by molar-refractivity contribution is 0.0943. The summed E-state index contributed by atoms with van der Waals surface area (Å²) in [6, 6.07) is 6.50. The lowest BCUT2D eigenvalue weighted by Gasteiger charge is -2.28. The Morgan fingerprint density at radius 2 is 1.84 bits per heavy atom. The first-order chi connectivity index (χ1) is 14.6. The first-order valence-corrected chi connectivity index (χ1v) is 11.7. The van der Waals surface area contributed by atoms with E-state index in [1.54, 1.807) is 11.8 Å². The number of anilines is 1. The molecule has 1 fully saturated rings. The van der Waals surface area contributed by atoms with Crippen molar-refractivity contribution in [3.05, 3.63) is 76.5 Å². The molecule has 1 amide bonds. The van der Waals surface area contributed by atoms with Crippen molar-refractivity contribution in [2.75, 3.05) is 17.7 Å². The minimum Gasteiger partial charge on any atom is -0.364 e. The highest BCUT2D eigenvalue weighted by Crippen LogP contribution is 2.38.